The molecule has 0 amide bonds. The summed E-state index contributed by atoms with van der Waals surface area (Å²) in [5.74, 6) is -28.4. The van der Waals surface area contributed by atoms with Crippen LogP contribution >= 0.6 is 0 Å². The predicted octanol–water partition coefficient (Wildman–Crippen LogP) is -2.35. The lowest BCUT2D eigenvalue weighted by Gasteiger charge is -2.44. The van der Waals surface area contributed by atoms with E-state index in [1.165, 1.54) is 0 Å². The van der Waals surface area contributed by atoms with E-state index in [2.05, 4.69) is 0 Å². The van der Waals surface area contributed by atoms with E-state index < -0.39 is 83.3 Å². The van der Waals surface area contributed by atoms with Crippen molar-refractivity contribution < 1.29 is 79.2 Å². The second kappa shape index (κ2) is 8.84. The average molecular weight is 438 g/mol. The SMILES string of the molecule is O=C(O)CC(C(=O)O)C(C(=O)O)(C(=O)O)C(C(=O)O)(C(=O)O)C(CC(=O)O)C(=O)O. The van der Waals surface area contributed by atoms with E-state index in [-0.39, 0.29) is 0 Å². The van der Waals surface area contributed by atoms with Crippen LogP contribution in [0.25, 0.3) is 0 Å². The van der Waals surface area contributed by atoms with E-state index in [9.17, 15) is 69.0 Å². The maximum absolute atomic E-state index is 12.0. The molecule has 0 radical (unpaired) electrons. The maximum atomic E-state index is 12.0. The lowest BCUT2D eigenvalue weighted by atomic mass is 9.50. The first kappa shape index (κ1) is 25.8. The first-order chi connectivity index (χ1) is 13.5. The van der Waals surface area contributed by atoms with Crippen molar-refractivity contribution in [2.24, 2.45) is 22.7 Å². The van der Waals surface area contributed by atoms with Crippen molar-refractivity contribution in [3.05, 3.63) is 0 Å². The average Bonchev–Trinajstić information content (AvgIpc) is 2.53. The molecule has 0 aliphatic rings. The van der Waals surface area contributed by atoms with E-state index in [1.54, 1.807) is 0 Å². The van der Waals surface area contributed by atoms with E-state index in [0.717, 1.165) is 0 Å². The highest BCUT2D eigenvalue weighted by Gasteiger charge is 2.80. The van der Waals surface area contributed by atoms with E-state index >= 15 is 0 Å². The molecule has 0 saturated heterocycles. The molecule has 0 aromatic rings. The fourth-order valence-electron chi connectivity index (χ4n) is 3.20. The summed E-state index contributed by atoms with van der Waals surface area (Å²) in [4.78, 5) is 92.9. The molecule has 0 aliphatic carbocycles. The highest BCUT2D eigenvalue weighted by molar-refractivity contribution is 6.17. The van der Waals surface area contributed by atoms with Gasteiger partial charge in [0.2, 0.25) is 10.8 Å². The number of carboxylic acids is 8. The Labute approximate surface area is 163 Å². The molecule has 8 N–H and O–H groups in total. The summed E-state index contributed by atoms with van der Waals surface area (Å²) in [5, 5.41) is 74.3. The van der Waals surface area contributed by atoms with Crippen LogP contribution in [0.1, 0.15) is 12.8 Å². The minimum absolute atomic E-state index is 1.96. The molecule has 2 unspecified atom stereocenters. The van der Waals surface area contributed by atoms with Gasteiger partial charge in [-0.05, 0) is 0 Å². The second-order valence-electron chi connectivity index (χ2n) is 5.81. The summed E-state index contributed by atoms with van der Waals surface area (Å²) in [6.45, 7) is 0. The third-order valence-electron chi connectivity index (χ3n) is 4.37. The van der Waals surface area contributed by atoms with Crippen molar-refractivity contribution in [2.75, 3.05) is 0 Å². The van der Waals surface area contributed by atoms with Crippen molar-refractivity contribution in [1.82, 2.24) is 0 Å². The largest absolute Gasteiger partial charge is 0.481 e. The molecule has 166 valence electrons. The molecule has 16 heteroatoms. The predicted molar refractivity (Wildman–Crippen MR) is 82.2 cm³/mol. The Kier molecular flexibility index (Phi) is 7.59. The van der Waals surface area contributed by atoms with Crippen molar-refractivity contribution in [3.63, 3.8) is 0 Å². The van der Waals surface area contributed by atoms with Gasteiger partial charge in [0.1, 0.15) is 0 Å². The third kappa shape index (κ3) is 3.82. The van der Waals surface area contributed by atoms with Gasteiger partial charge in [0.05, 0.1) is 24.7 Å². The monoisotopic (exact) mass is 438 g/mol. The van der Waals surface area contributed by atoms with Crippen LogP contribution in [0.2, 0.25) is 0 Å². The molecule has 0 heterocycles. The van der Waals surface area contributed by atoms with Gasteiger partial charge in [0.25, 0.3) is 0 Å². The Hall–Kier alpha value is -4.24. The van der Waals surface area contributed by atoms with Gasteiger partial charge in [-0.15, -0.1) is 0 Å². The van der Waals surface area contributed by atoms with Crippen molar-refractivity contribution in [3.8, 4) is 0 Å². The molecule has 0 aliphatic heterocycles. The minimum atomic E-state index is -4.67. The molecular formula is C14H14O16. The highest BCUT2D eigenvalue weighted by atomic mass is 16.4. The highest BCUT2D eigenvalue weighted by Crippen LogP contribution is 2.54. The number of hydrogen-bond donors (Lipinski definition) is 8. The molecular weight excluding hydrogens is 424 g/mol. The normalized spacial score (nSPS) is 13.5. The summed E-state index contributed by atoms with van der Waals surface area (Å²) in [5.41, 5.74) is -9.35. The topological polar surface area (TPSA) is 298 Å². The molecule has 0 bridgehead atoms. The van der Waals surface area contributed by atoms with Gasteiger partial charge >= 0.3 is 47.8 Å². The molecule has 0 rings (SSSR count). The van der Waals surface area contributed by atoms with Gasteiger partial charge in [-0.25, -0.2) is 0 Å². The fourth-order valence-corrected chi connectivity index (χ4v) is 3.20. The second-order valence-corrected chi connectivity index (χ2v) is 5.81. The van der Waals surface area contributed by atoms with Crippen molar-refractivity contribution >= 4 is 47.8 Å². The first-order valence-electron chi connectivity index (χ1n) is 7.35. The molecule has 0 fully saturated rings. The van der Waals surface area contributed by atoms with Crippen molar-refractivity contribution in [2.45, 2.75) is 12.8 Å². The maximum Gasteiger partial charge on any atom is 0.323 e. The molecule has 30 heavy (non-hydrogen) atoms. The lowest BCUT2D eigenvalue weighted by molar-refractivity contribution is -0.213. The van der Waals surface area contributed by atoms with Gasteiger partial charge in [0.15, 0.2) is 0 Å². The Bertz CT molecular complexity index is 726. The van der Waals surface area contributed by atoms with Gasteiger partial charge < -0.3 is 40.9 Å². The van der Waals surface area contributed by atoms with Crippen LogP contribution < -0.4 is 0 Å². The minimum Gasteiger partial charge on any atom is -0.481 e. The van der Waals surface area contributed by atoms with Crippen molar-refractivity contribution in [1.29, 1.82) is 0 Å². The molecule has 2 atom stereocenters. The van der Waals surface area contributed by atoms with Crippen LogP contribution in [0.3, 0.4) is 0 Å². The number of carboxylic acid groups (broad SMARTS) is 8. The Balaban J connectivity index is 7.95. The first-order valence-corrected chi connectivity index (χ1v) is 7.35. The number of carbonyl (C=O) groups is 8. The molecule has 0 aromatic heterocycles. The zero-order chi connectivity index (χ0) is 24.2. The number of rotatable bonds is 13. The van der Waals surface area contributed by atoms with Crippen LogP contribution in [0.4, 0.5) is 0 Å². The van der Waals surface area contributed by atoms with Gasteiger partial charge in [-0.2, -0.15) is 0 Å². The van der Waals surface area contributed by atoms with Gasteiger partial charge in [-0.1, -0.05) is 0 Å². The van der Waals surface area contributed by atoms with Crippen LogP contribution in [0, 0.1) is 22.7 Å². The summed E-state index contributed by atoms with van der Waals surface area (Å²) in [6.07, 6.45) is -3.93. The Morgan fingerprint density at radius 3 is 0.767 bits per heavy atom. The zero-order valence-corrected chi connectivity index (χ0v) is 14.4. The molecule has 16 nitrogen and oxygen atoms in total. The van der Waals surface area contributed by atoms with Crippen LogP contribution in [0.15, 0.2) is 0 Å². The van der Waals surface area contributed by atoms with E-state index in [0.29, 0.717) is 0 Å². The Morgan fingerprint density at radius 1 is 0.467 bits per heavy atom. The summed E-state index contributed by atoms with van der Waals surface area (Å²) in [6, 6.07) is 0. The van der Waals surface area contributed by atoms with Crippen LogP contribution in [0.5, 0.6) is 0 Å². The van der Waals surface area contributed by atoms with Gasteiger partial charge in [-0.3, -0.25) is 38.4 Å². The summed E-state index contributed by atoms with van der Waals surface area (Å²) in [7, 11) is 0. The molecule has 0 aromatic carbocycles. The summed E-state index contributed by atoms with van der Waals surface area (Å²) < 4.78 is 0. The fraction of sp³-hybridized carbons (Fsp3) is 0.429. The van der Waals surface area contributed by atoms with E-state index in [1.807, 2.05) is 0 Å². The zero-order valence-electron chi connectivity index (χ0n) is 14.4. The number of hydrogen-bond acceptors (Lipinski definition) is 8. The van der Waals surface area contributed by atoms with E-state index in [4.69, 9.17) is 10.2 Å². The lowest BCUT2D eigenvalue weighted by Crippen LogP contribution is -2.69. The van der Waals surface area contributed by atoms with Gasteiger partial charge in [0, 0.05) is 0 Å². The van der Waals surface area contributed by atoms with Crippen LogP contribution in [-0.4, -0.2) is 88.6 Å². The molecule has 0 spiro atoms. The standard InChI is InChI=1S/C14H14O16/c15-5(16)1-3(7(19)20)13(9(23)24,10(25)26)14(11(27)28,12(29)30)4(8(21)22)2-6(17)18/h3-4H,1-2H2,(H,15,16)(H,17,18)(H,19,20)(H,21,22)(H,23,24)(H,25,26)(H,27,28)(H,29,30). The Morgan fingerprint density at radius 2 is 0.667 bits per heavy atom. The number of aliphatic carboxylic acids is 8. The third-order valence-corrected chi connectivity index (χ3v) is 4.37. The quantitative estimate of drug-likeness (QED) is 0.139. The smallest absolute Gasteiger partial charge is 0.323 e. The molecule has 0 saturated carbocycles. The van der Waals surface area contributed by atoms with Crippen LogP contribution in [-0.2, 0) is 38.4 Å². The summed E-state index contributed by atoms with van der Waals surface area (Å²) >= 11 is 0.